The summed E-state index contributed by atoms with van der Waals surface area (Å²) in [5.41, 5.74) is 4.23. The minimum atomic E-state index is -2.70. The van der Waals surface area contributed by atoms with E-state index in [4.69, 9.17) is 16.7 Å². The van der Waals surface area contributed by atoms with E-state index in [1.807, 2.05) is 48.6 Å². The van der Waals surface area contributed by atoms with Crippen molar-refractivity contribution < 1.29 is 13.6 Å². The van der Waals surface area contributed by atoms with Crippen molar-refractivity contribution >= 4 is 17.5 Å². The van der Waals surface area contributed by atoms with Crippen LogP contribution in [0.4, 0.5) is 8.78 Å². The molecule has 11 heteroatoms. The van der Waals surface area contributed by atoms with Crippen LogP contribution in [-0.4, -0.2) is 71.6 Å². The summed E-state index contributed by atoms with van der Waals surface area (Å²) in [6.07, 6.45) is 3.90. The van der Waals surface area contributed by atoms with Crippen LogP contribution in [0.3, 0.4) is 0 Å². The molecule has 0 spiro atoms. The number of carbonyl (C=O) groups excluding carboxylic acids is 1. The van der Waals surface area contributed by atoms with Gasteiger partial charge >= 0.3 is 0 Å². The van der Waals surface area contributed by atoms with Crippen LogP contribution in [0, 0.1) is 26.2 Å². The third kappa shape index (κ3) is 5.97. The van der Waals surface area contributed by atoms with E-state index in [1.165, 1.54) is 0 Å². The third-order valence-corrected chi connectivity index (χ3v) is 9.82. The highest BCUT2D eigenvalue weighted by molar-refractivity contribution is 6.31. The van der Waals surface area contributed by atoms with Crippen LogP contribution in [0.5, 0.6) is 0 Å². The van der Waals surface area contributed by atoms with E-state index >= 15 is 0 Å². The lowest BCUT2D eigenvalue weighted by molar-refractivity contribution is -0.149. The summed E-state index contributed by atoms with van der Waals surface area (Å²) in [7, 11) is 0. The predicted octanol–water partition coefficient (Wildman–Crippen LogP) is 5.92. The molecule has 0 bridgehead atoms. The molecule has 1 aromatic carbocycles. The van der Waals surface area contributed by atoms with E-state index < -0.39 is 11.3 Å². The maximum Gasteiger partial charge on any atom is 0.255 e. The first-order chi connectivity index (χ1) is 19.8. The van der Waals surface area contributed by atoms with Crippen molar-refractivity contribution in [3.63, 3.8) is 0 Å². The maximum absolute atomic E-state index is 14.7. The van der Waals surface area contributed by atoms with Gasteiger partial charge in [0.2, 0.25) is 5.91 Å². The first-order valence-electron chi connectivity index (χ1n) is 14.9. The predicted molar refractivity (Wildman–Crippen MR) is 159 cm³/mol. The molecule has 1 aliphatic heterocycles. The Labute approximate surface area is 252 Å². The first kappa shape index (κ1) is 30.6. The molecule has 0 N–H and O–H groups in total. The zero-order valence-electron chi connectivity index (χ0n) is 25.5. The molecule has 2 aromatic heterocycles. The summed E-state index contributed by atoms with van der Waals surface area (Å²) in [4.78, 5) is 17.8. The average molecular weight is 602 g/mol. The van der Waals surface area contributed by atoms with E-state index in [0.29, 0.717) is 37.5 Å². The lowest BCUT2D eigenvalue weighted by atomic mass is 9.72. The molecular formula is C31H42ClF2N7O. The highest BCUT2D eigenvalue weighted by Gasteiger charge is 2.51. The fourth-order valence-corrected chi connectivity index (χ4v) is 6.78. The number of aryl methyl sites for hydroxylation is 2. The number of halogens is 3. The van der Waals surface area contributed by atoms with Gasteiger partial charge in [-0.25, -0.2) is 13.5 Å². The van der Waals surface area contributed by atoms with Gasteiger partial charge in [-0.15, -0.1) is 5.10 Å². The highest BCUT2D eigenvalue weighted by atomic mass is 35.5. The van der Waals surface area contributed by atoms with E-state index in [2.05, 4.69) is 29.1 Å². The molecule has 0 radical (unpaired) electrons. The van der Waals surface area contributed by atoms with Crippen LogP contribution >= 0.6 is 11.6 Å². The molecule has 8 nitrogen and oxygen atoms in total. The quantitative estimate of drug-likeness (QED) is 0.336. The molecule has 1 saturated carbocycles. The Morgan fingerprint density at radius 3 is 2.45 bits per heavy atom. The first-order valence-corrected chi connectivity index (χ1v) is 15.3. The van der Waals surface area contributed by atoms with Gasteiger partial charge in [-0.2, -0.15) is 5.10 Å². The number of nitrogens with zero attached hydrogens (tertiary/aromatic N) is 7. The molecule has 1 amide bonds. The molecular weight excluding hydrogens is 560 g/mol. The molecule has 3 heterocycles. The normalized spacial score (nSPS) is 24.7. The van der Waals surface area contributed by atoms with Crippen molar-refractivity contribution in [3.8, 4) is 5.69 Å². The third-order valence-electron chi connectivity index (χ3n) is 9.42. The van der Waals surface area contributed by atoms with Crippen LogP contribution in [0.15, 0.2) is 24.4 Å². The van der Waals surface area contributed by atoms with Crippen LogP contribution in [-0.2, 0) is 24.3 Å². The summed E-state index contributed by atoms with van der Waals surface area (Å²) in [5, 5.41) is 13.9. The van der Waals surface area contributed by atoms with Crippen molar-refractivity contribution in [2.45, 2.75) is 105 Å². The molecule has 42 heavy (non-hydrogen) atoms. The number of alkyl halides is 2. The molecule has 5 rings (SSSR count). The van der Waals surface area contributed by atoms with Gasteiger partial charge in [-0.05, 0) is 65.2 Å². The van der Waals surface area contributed by atoms with Gasteiger partial charge in [0, 0.05) is 60.6 Å². The fraction of sp³-hybridized carbons (Fsp3) is 0.613. The number of rotatable bonds is 7. The van der Waals surface area contributed by atoms with E-state index in [-0.39, 0.29) is 37.4 Å². The largest absolute Gasteiger partial charge is 0.339 e. The minimum absolute atomic E-state index is 0.0633. The molecule has 3 atom stereocenters. The van der Waals surface area contributed by atoms with Crippen LogP contribution in [0.25, 0.3) is 5.69 Å². The molecule has 1 saturated heterocycles. The Bertz CT molecular complexity index is 1440. The summed E-state index contributed by atoms with van der Waals surface area (Å²) in [6.45, 7) is 13.7. The Hall–Kier alpha value is -2.85. The van der Waals surface area contributed by atoms with Crippen molar-refractivity contribution in [3.05, 3.63) is 57.6 Å². The zero-order chi connectivity index (χ0) is 30.4. The molecule has 2 aliphatic rings. The van der Waals surface area contributed by atoms with Crippen LogP contribution in [0.2, 0.25) is 5.02 Å². The fourth-order valence-electron chi connectivity index (χ4n) is 6.61. The van der Waals surface area contributed by atoms with Gasteiger partial charge in [-0.3, -0.25) is 14.4 Å². The number of carbonyl (C=O) groups is 1. The second-order valence-corrected chi connectivity index (χ2v) is 13.1. The smallest absolute Gasteiger partial charge is 0.255 e. The summed E-state index contributed by atoms with van der Waals surface area (Å²) in [5.74, 6) is -2.62. The second-order valence-electron chi connectivity index (χ2n) is 12.7. The second kappa shape index (κ2) is 11.7. The SMILES string of the molecule is Cc1ccc(-n2nc(C)c(CC(=O)N3C[C@@H](C)N(Cc4cn(CC5(C)CCCCC5(F)F)nn4)[C@@H](C)C3)c2C)cc1Cl. The Morgan fingerprint density at radius 2 is 1.79 bits per heavy atom. The van der Waals surface area contributed by atoms with Gasteiger partial charge < -0.3 is 4.90 Å². The number of aromatic nitrogens is 5. The lowest BCUT2D eigenvalue weighted by Gasteiger charge is -2.44. The molecule has 1 aliphatic carbocycles. The standard InChI is InChI=1S/C31H42ClF2N7O/c1-20-9-10-26(13-28(20)32)41-24(5)27(23(4)36-41)14-29(42)38-15-21(2)40(22(3)16-38)18-25-17-39(37-35-25)19-30(6)11-7-8-12-31(30,33)34/h9-10,13,17,21-22H,7-8,11-12,14-16,18-19H2,1-6H3/t21-,22+,30?. The molecule has 228 valence electrons. The Morgan fingerprint density at radius 1 is 1.10 bits per heavy atom. The van der Waals surface area contributed by atoms with Gasteiger partial charge in [-0.1, -0.05) is 36.2 Å². The Balaban J connectivity index is 1.21. The topological polar surface area (TPSA) is 72.1 Å². The zero-order valence-corrected chi connectivity index (χ0v) is 26.3. The van der Waals surface area contributed by atoms with Crippen LogP contribution < -0.4 is 0 Å². The molecule has 1 unspecified atom stereocenters. The number of benzene rings is 1. The summed E-state index contributed by atoms with van der Waals surface area (Å²) >= 11 is 6.35. The number of hydrogen-bond acceptors (Lipinski definition) is 5. The van der Waals surface area contributed by atoms with Crippen molar-refractivity contribution in [2.75, 3.05) is 13.1 Å². The van der Waals surface area contributed by atoms with Gasteiger partial charge in [0.1, 0.15) is 0 Å². The Kier molecular flexibility index (Phi) is 8.51. The van der Waals surface area contributed by atoms with Crippen molar-refractivity contribution in [1.29, 1.82) is 0 Å². The number of hydrogen-bond donors (Lipinski definition) is 0. The summed E-state index contributed by atoms with van der Waals surface area (Å²) in [6, 6.07) is 6.05. The molecule has 3 aromatic rings. The van der Waals surface area contributed by atoms with E-state index in [0.717, 1.165) is 40.3 Å². The van der Waals surface area contributed by atoms with E-state index in [1.54, 1.807) is 17.8 Å². The maximum atomic E-state index is 14.7. The van der Waals surface area contributed by atoms with Crippen molar-refractivity contribution in [1.82, 2.24) is 34.6 Å². The number of amides is 1. The van der Waals surface area contributed by atoms with Gasteiger partial charge in [0.15, 0.2) is 0 Å². The number of piperazine rings is 1. The summed E-state index contributed by atoms with van der Waals surface area (Å²) < 4.78 is 32.8. The van der Waals surface area contributed by atoms with Gasteiger partial charge in [0.05, 0.1) is 35.5 Å². The average Bonchev–Trinajstić information content (AvgIpc) is 3.48. The van der Waals surface area contributed by atoms with Gasteiger partial charge in [0.25, 0.3) is 5.92 Å². The minimum Gasteiger partial charge on any atom is -0.339 e. The lowest BCUT2D eigenvalue weighted by Crippen LogP contribution is -2.57. The monoisotopic (exact) mass is 601 g/mol. The van der Waals surface area contributed by atoms with E-state index in [9.17, 15) is 13.6 Å². The van der Waals surface area contributed by atoms with Crippen molar-refractivity contribution in [2.24, 2.45) is 5.41 Å². The van der Waals surface area contributed by atoms with Crippen LogP contribution in [0.1, 0.15) is 74.7 Å². The highest BCUT2D eigenvalue weighted by Crippen LogP contribution is 2.48. The molecule has 2 fully saturated rings.